The predicted molar refractivity (Wildman–Crippen MR) is 58.5 cm³/mol. The van der Waals surface area contributed by atoms with Crippen LogP contribution in [0.25, 0.3) is 0 Å². The maximum atomic E-state index is 11.9. The van der Waals surface area contributed by atoms with Crippen molar-refractivity contribution in [2.45, 2.75) is 32.7 Å². The van der Waals surface area contributed by atoms with Gasteiger partial charge in [-0.15, -0.1) is 0 Å². The molecule has 0 radical (unpaired) electrons. The van der Waals surface area contributed by atoms with Crippen molar-refractivity contribution in [1.29, 1.82) is 0 Å². The molecule has 0 saturated heterocycles. The van der Waals surface area contributed by atoms with Crippen molar-refractivity contribution in [2.24, 2.45) is 0 Å². The SMILES string of the molecule is CCCCCN1Cc2ncccc2C1=O. The molecule has 3 heteroatoms. The third-order valence-corrected chi connectivity index (χ3v) is 2.78. The number of hydrogen-bond donors (Lipinski definition) is 0. The highest BCUT2D eigenvalue weighted by Crippen LogP contribution is 2.20. The van der Waals surface area contributed by atoms with Crippen LogP contribution in [-0.2, 0) is 6.54 Å². The number of carbonyl (C=O) groups is 1. The van der Waals surface area contributed by atoms with Crippen molar-refractivity contribution in [3.05, 3.63) is 29.6 Å². The van der Waals surface area contributed by atoms with E-state index in [9.17, 15) is 4.79 Å². The molecule has 1 aromatic heterocycles. The molecule has 0 N–H and O–H groups in total. The number of hydrogen-bond acceptors (Lipinski definition) is 2. The molecule has 0 aromatic carbocycles. The number of amides is 1. The Balaban J connectivity index is 2.01. The smallest absolute Gasteiger partial charge is 0.256 e. The van der Waals surface area contributed by atoms with Crippen LogP contribution in [0.1, 0.15) is 42.2 Å². The van der Waals surface area contributed by atoms with Gasteiger partial charge in [0, 0.05) is 12.7 Å². The minimum Gasteiger partial charge on any atom is -0.333 e. The Kier molecular flexibility index (Phi) is 2.99. The van der Waals surface area contributed by atoms with Crippen LogP contribution >= 0.6 is 0 Å². The highest BCUT2D eigenvalue weighted by atomic mass is 16.2. The third kappa shape index (κ3) is 2.01. The lowest BCUT2D eigenvalue weighted by Crippen LogP contribution is -2.24. The van der Waals surface area contributed by atoms with Crippen LogP contribution in [0.4, 0.5) is 0 Å². The molecule has 1 aromatic rings. The van der Waals surface area contributed by atoms with E-state index >= 15 is 0 Å². The van der Waals surface area contributed by atoms with Gasteiger partial charge in [0.2, 0.25) is 0 Å². The Morgan fingerprint density at radius 1 is 1.47 bits per heavy atom. The summed E-state index contributed by atoms with van der Waals surface area (Å²) in [5.41, 5.74) is 1.72. The molecule has 0 fully saturated rings. The zero-order chi connectivity index (χ0) is 10.7. The molecular weight excluding hydrogens is 188 g/mol. The summed E-state index contributed by atoms with van der Waals surface area (Å²) in [6.45, 7) is 3.73. The van der Waals surface area contributed by atoms with E-state index in [0.717, 1.165) is 24.2 Å². The summed E-state index contributed by atoms with van der Waals surface area (Å²) < 4.78 is 0. The van der Waals surface area contributed by atoms with Crippen LogP contribution in [-0.4, -0.2) is 22.3 Å². The zero-order valence-corrected chi connectivity index (χ0v) is 9.07. The molecule has 0 saturated carbocycles. The number of carbonyl (C=O) groups excluding carboxylic acids is 1. The molecule has 0 spiro atoms. The lowest BCUT2D eigenvalue weighted by molar-refractivity contribution is 0.0775. The maximum Gasteiger partial charge on any atom is 0.256 e. The molecule has 3 nitrogen and oxygen atoms in total. The number of unbranched alkanes of at least 4 members (excludes halogenated alkanes) is 2. The lowest BCUT2D eigenvalue weighted by atomic mass is 10.2. The summed E-state index contributed by atoms with van der Waals surface area (Å²) in [4.78, 5) is 18.0. The molecular formula is C12H16N2O. The first-order valence-electron chi connectivity index (χ1n) is 5.56. The fraction of sp³-hybridized carbons (Fsp3) is 0.500. The molecule has 0 aliphatic carbocycles. The van der Waals surface area contributed by atoms with Crippen LogP contribution < -0.4 is 0 Å². The first kappa shape index (κ1) is 10.1. The van der Waals surface area contributed by atoms with Crippen molar-refractivity contribution in [1.82, 2.24) is 9.88 Å². The van der Waals surface area contributed by atoms with E-state index in [-0.39, 0.29) is 5.91 Å². The van der Waals surface area contributed by atoms with Gasteiger partial charge in [-0.2, -0.15) is 0 Å². The first-order valence-corrected chi connectivity index (χ1v) is 5.56. The standard InChI is InChI=1S/C12H16N2O/c1-2-3-4-8-14-9-11-10(12(14)15)6-5-7-13-11/h5-7H,2-4,8-9H2,1H3. The van der Waals surface area contributed by atoms with Gasteiger partial charge in [0.25, 0.3) is 5.91 Å². The Labute approximate surface area is 90.1 Å². The molecule has 15 heavy (non-hydrogen) atoms. The topological polar surface area (TPSA) is 33.2 Å². The van der Waals surface area contributed by atoms with E-state index in [1.807, 2.05) is 17.0 Å². The normalized spacial score (nSPS) is 14.5. The van der Waals surface area contributed by atoms with Gasteiger partial charge < -0.3 is 4.90 Å². The van der Waals surface area contributed by atoms with E-state index in [4.69, 9.17) is 0 Å². The Morgan fingerprint density at radius 3 is 3.07 bits per heavy atom. The molecule has 1 amide bonds. The van der Waals surface area contributed by atoms with Crippen LogP contribution in [0.2, 0.25) is 0 Å². The molecule has 2 heterocycles. The highest BCUT2D eigenvalue weighted by molar-refractivity contribution is 5.97. The average Bonchev–Trinajstić information content (AvgIpc) is 2.57. The first-order chi connectivity index (χ1) is 7.33. The molecule has 1 aliphatic rings. The number of rotatable bonds is 4. The Bertz CT molecular complexity index is 362. The molecule has 2 rings (SSSR count). The summed E-state index contributed by atoms with van der Waals surface area (Å²) in [7, 11) is 0. The van der Waals surface area contributed by atoms with Crippen LogP contribution in [0.15, 0.2) is 18.3 Å². The van der Waals surface area contributed by atoms with E-state index in [2.05, 4.69) is 11.9 Å². The molecule has 0 unspecified atom stereocenters. The average molecular weight is 204 g/mol. The number of pyridine rings is 1. The maximum absolute atomic E-state index is 11.9. The second kappa shape index (κ2) is 4.43. The monoisotopic (exact) mass is 204 g/mol. The van der Waals surface area contributed by atoms with E-state index < -0.39 is 0 Å². The predicted octanol–water partition coefficient (Wildman–Crippen LogP) is 2.23. The summed E-state index contributed by atoms with van der Waals surface area (Å²) in [6.07, 6.45) is 5.22. The van der Waals surface area contributed by atoms with Crippen LogP contribution in [0, 0.1) is 0 Å². The molecule has 0 atom stereocenters. The van der Waals surface area contributed by atoms with Crippen LogP contribution in [0.5, 0.6) is 0 Å². The van der Waals surface area contributed by atoms with Crippen LogP contribution in [0.3, 0.4) is 0 Å². The molecule has 1 aliphatic heterocycles. The summed E-state index contributed by atoms with van der Waals surface area (Å²) in [5.74, 6) is 0.147. The molecule has 0 bridgehead atoms. The van der Waals surface area contributed by atoms with Gasteiger partial charge in [0.05, 0.1) is 17.8 Å². The van der Waals surface area contributed by atoms with Gasteiger partial charge in [-0.05, 0) is 18.6 Å². The minimum atomic E-state index is 0.147. The largest absolute Gasteiger partial charge is 0.333 e. The van der Waals surface area contributed by atoms with Crippen molar-refractivity contribution in [3.8, 4) is 0 Å². The van der Waals surface area contributed by atoms with E-state index in [1.165, 1.54) is 12.8 Å². The second-order valence-corrected chi connectivity index (χ2v) is 3.93. The number of aromatic nitrogens is 1. The minimum absolute atomic E-state index is 0.147. The summed E-state index contributed by atoms with van der Waals surface area (Å²) in [5, 5.41) is 0. The van der Waals surface area contributed by atoms with E-state index in [1.54, 1.807) is 6.20 Å². The quantitative estimate of drug-likeness (QED) is 0.705. The van der Waals surface area contributed by atoms with E-state index in [0.29, 0.717) is 6.54 Å². The summed E-state index contributed by atoms with van der Waals surface area (Å²) >= 11 is 0. The van der Waals surface area contributed by atoms with Gasteiger partial charge in [0.15, 0.2) is 0 Å². The fourth-order valence-corrected chi connectivity index (χ4v) is 1.91. The zero-order valence-electron chi connectivity index (χ0n) is 9.07. The van der Waals surface area contributed by atoms with Gasteiger partial charge in [-0.1, -0.05) is 19.8 Å². The van der Waals surface area contributed by atoms with Gasteiger partial charge in [-0.25, -0.2) is 0 Å². The Morgan fingerprint density at radius 2 is 2.33 bits per heavy atom. The molecule has 80 valence electrons. The van der Waals surface area contributed by atoms with Gasteiger partial charge >= 0.3 is 0 Å². The van der Waals surface area contributed by atoms with Crippen molar-refractivity contribution >= 4 is 5.91 Å². The van der Waals surface area contributed by atoms with Crippen molar-refractivity contribution in [3.63, 3.8) is 0 Å². The highest BCUT2D eigenvalue weighted by Gasteiger charge is 2.27. The van der Waals surface area contributed by atoms with Crippen molar-refractivity contribution in [2.75, 3.05) is 6.54 Å². The second-order valence-electron chi connectivity index (χ2n) is 3.93. The van der Waals surface area contributed by atoms with Gasteiger partial charge in [0.1, 0.15) is 0 Å². The lowest BCUT2D eigenvalue weighted by Gasteiger charge is -2.14. The number of nitrogens with zero attached hydrogens (tertiary/aromatic N) is 2. The van der Waals surface area contributed by atoms with Crippen molar-refractivity contribution < 1.29 is 4.79 Å². The summed E-state index contributed by atoms with van der Waals surface area (Å²) in [6, 6.07) is 3.69. The Hall–Kier alpha value is -1.38. The fourth-order valence-electron chi connectivity index (χ4n) is 1.91. The number of fused-ring (bicyclic) bond motifs is 1. The van der Waals surface area contributed by atoms with Gasteiger partial charge in [-0.3, -0.25) is 9.78 Å². The third-order valence-electron chi connectivity index (χ3n) is 2.78.